The van der Waals surface area contributed by atoms with Crippen molar-refractivity contribution in [3.8, 4) is 0 Å². The number of benzene rings is 1. The SMILES string of the molecule is CSCCC(NC(=O)CC(N)c1ccccc1)c1nnc2ccccn12. The molecule has 0 saturated heterocycles. The van der Waals surface area contributed by atoms with Crippen LogP contribution in [0.1, 0.15) is 36.3 Å². The molecule has 7 heteroatoms. The monoisotopic (exact) mass is 369 g/mol. The molecule has 3 aromatic rings. The predicted molar refractivity (Wildman–Crippen MR) is 105 cm³/mol. The van der Waals surface area contributed by atoms with Crippen LogP contribution in [0.2, 0.25) is 0 Å². The number of carbonyl (C=O) groups excluding carboxylic acids is 1. The van der Waals surface area contributed by atoms with Gasteiger partial charge in [-0.05, 0) is 36.1 Å². The smallest absolute Gasteiger partial charge is 0.222 e. The van der Waals surface area contributed by atoms with Crippen LogP contribution in [-0.4, -0.2) is 32.5 Å². The Balaban J connectivity index is 1.73. The van der Waals surface area contributed by atoms with Crippen molar-refractivity contribution < 1.29 is 4.79 Å². The number of nitrogens with zero attached hydrogens (tertiary/aromatic N) is 3. The van der Waals surface area contributed by atoms with Crippen molar-refractivity contribution in [2.45, 2.75) is 24.9 Å². The van der Waals surface area contributed by atoms with Crippen LogP contribution in [0, 0.1) is 0 Å². The number of nitrogens with two attached hydrogens (primary N) is 1. The standard InChI is InChI=1S/C19H23N5OS/c1-26-12-10-16(19-23-22-17-9-5-6-11-24(17)19)21-18(25)13-15(20)14-7-3-2-4-8-14/h2-9,11,15-16H,10,12-13,20H2,1H3,(H,21,25). The number of nitrogens with one attached hydrogen (secondary N) is 1. The molecule has 1 aromatic carbocycles. The van der Waals surface area contributed by atoms with Gasteiger partial charge in [-0.1, -0.05) is 36.4 Å². The van der Waals surface area contributed by atoms with Gasteiger partial charge in [0, 0.05) is 18.7 Å². The lowest BCUT2D eigenvalue weighted by molar-refractivity contribution is -0.122. The molecule has 0 saturated carbocycles. The van der Waals surface area contributed by atoms with Crippen LogP contribution < -0.4 is 11.1 Å². The van der Waals surface area contributed by atoms with Crippen LogP contribution in [0.25, 0.3) is 5.65 Å². The molecule has 3 N–H and O–H groups in total. The molecule has 26 heavy (non-hydrogen) atoms. The second-order valence-electron chi connectivity index (χ2n) is 6.11. The minimum atomic E-state index is -0.326. The normalized spacial score (nSPS) is 13.5. The Morgan fingerprint density at radius 1 is 1.19 bits per heavy atom. The van der Waals surface area contributed by atoms with E-state index in [9.17, 15) is 4.79 Å². The van der Waals surface area contributed by atoms with Gasteiger partial charge in [0.05, 0.1) is 6.04 Å². The van der Waals surface area contributed by atoms with Crippen molar-refractivity contribution in [2.75, 3.05) is 12.0 Å². The second-order valence-corrected chi connectivity index (χ2v) is 7.10. The van der Waals surface area contributed by atoms with Crippen molar-refractivity contribution >= 4 is 23.3 Å². The van der Waals surface area contributed by atoms with E-state index in [-0.39, 0.29) is 24.4 Å². The number of aromatic nitrogens is 3. The van der Waals surface area contributed by atoms with Crippen LogP contribution in [0.5, 0.6) is 0 Å². The van der Waals surface area contributed by atoms with Crippen molar-refractivity contribution in [1.29, 1.82) is 0 Å². The van der Waals surface area contributed by atoms with Gasteiger partial charge in [-0.3, -0.25) is 9.20 Å². The number of pyridine rings is 1. The van der Waals surface area contributed by atoms with E-state index in [1.165, 1.54) is 0 Å². The molecule has 0 aliphatic carbocycles. The summed E-state index contributed by atoms with van der Waals surface area (Å²) in [5.41, 5.74) is 7.91. The van der Waals surface area contributed by atoms with Crippen LogP contribution in [-0.2, 0) is 4.79 Å². The van der Waals surface area contributed by atoms with Crippen LogP contribution in [0.3, 0.4) is 0 Å². The fourth-order valence-electron chi connectivity index (χ4n) is 2.87. The van der Waals surface area contributed by atoms with E-state index in [0.29, 0.717) is 0 Å². The predicted octanol–water partition coefficient (Wildman–Crippen LogP) is 2.73. The van der Waals surface area contributed by atoms with E-state index in [4.69, 9.17) is 5.73 Å². The summed E-state index contributed by atoms with van der Waals surface area (Å²) in [4.78, 5) is 12.6. The first-order chi connectivity index (χ1) is 12.7. The molecular formula is C19H23N5OS. The summed E-state index contributed by atoms with van der Waals surface area (Å²) in [5, 5.41) is 11.6. The molecule has 0 spiro atoms. The highest BCUT2D eigenvalue weighted by atomic mass is 32.2. The van der Waals surface area contributed by atoms with Gasteiger partial charge >= 0.3 is 0 Å². The Labute approximate surface area is 157 Å². The maximum absolute atomic E-state index is 12.6. The van der Waals surface area contributed by atoms with Gasteiger partial charge in [-0.15, -0.1) is 10.2 Å². The zero-order valence-electron chi connectivity index (χ0n) is 14.7. The zero-order valence-corrected chi connectivity index (χ0v) is 15.5. The molecule has 2 heterocycles. The third-order valence-corrected chi connectivity index (χ3v) is 4.87. The van der Waals surface area contributed by atoms with Gasteiger partial charge in [-0.25, -0.2) is 0 Å². The van der Waals surface area contributed by atoms with Crippen molar-refractivity contribution in [3.63, 3.8) is 0 Å². The first-order valence-electron chi connectivity index (χ1n) is 8.57. The fraction of sp³-hybridized carbons (Fsp3) is 0.316. The Hall–Kier alpha value is -2.38. The third kappa shape index (κ3) is 4.42. The number of hydrogen-bond donors (Lipinski definition) is 2. The molecule has 136 valence electrons. The quantitative estimate of drug-likeness (QED) is 0.638. The van der Waals surface area contributed by atoms with E-state index >= 15 is 0 Å². The molecule has 2 atom stereocenters. The first kappa shape index (κ1) is 18.4. The number of rotatable bonds is 8. The molecule has 0 fully saturated rings. The van der Waals surface area contributed by atoms with Crippen molar-refractivity contribution in [3.05, 3.63) is 66.1 Å². The lowest BCUT2D eigenvalue weighted by Gasteiger charge is -2.19. The minimum Gasteiger partial charge on any atom is -0.346 e. The van der Waals surface area contributed by atoms with Crippen LogP contribution in [0.15, 0.2) is 54.7 Å². The van der Waals surface area contributed by atoms with Crippen molar-refractivity contribution in [2.24, 2.45) is 5.73 Å². The molecule has 2 unspecified atom stereocenters. The molecule has 3 rings (SSSR count). The first-order valence-corrected chi connectivity index (χ1v) is 9.97. The maximum atomic E-state index is 12.6. The summed E-state index contributed by atoms with van der Waals surface area (Å²) < 4.78 is 1.92. The summed E-state index contributed by atoms with van der Waals surface area (Å²) in [6.45, 7) is 0. The van der Waals surface area contributed by atoms with E-state index < -0.39 is 0 Å². The molecule has 0 bridgehead atoms. The highest BCUT2D eigenvalue weighted by molar-refractivity contribution is 7.98. The van der Waals surface area contributed by atoms with Gasteiger partial charge in [0.15, 0.2) is 11.5 Å². The molecular weight excluding hydrogens is 346 g/mol. The Bertz CT molecular complexity index is 851. The topological polar surface area (TPSA) is 85.3 Å². The summed E-state index contributed by atoms with van der Waals surface area (Å²) in [6.07, 6.45) is 4.98. The molecule has 2 aromatic heterocycles. The number of fused-ring (bicyclic) bond motifs is 1. The summed E-state index contributed by atoms with van der Waals surface area (Å²) in [7, 11) is 0. The largest absolute Gasteiger partial charge is 0.346 e. The Morgan fingerprint density at radius 3 is 2.73 bits per heavy atom. The summed E-state index contributed by atoms with van der Waals surface area (Å²) >= 11 is 1.74. The molecule has 0 radical (unpaired) electrons. The maximum Gasteiger partial charge on any atom is 0.222 e. The Morgan fingerprint density at radius 2 is 1.96 bits per heavy atom. The minimum absolute atomic E-state index is 0.0832. The van der Waals surface area contributed by atoms with Crippen LogP contribution in [0.4, 0.5) is 0 Å². The number of amides is 1. The lowest BCUT2D eigenvalue weighted by Crippen LogP contribution is -2.32. The van der Waals surface area contributed by atoms with Gasteiger partial charge in [-0.2, -0.15) is 11.8 Å². The molecule has 1 amide bonds. The average Bonchev–Trinajstić information content (AvgIpc) is 3.10. The summed E-state index contributed by atoms with van der Waals surface area (Å²) in [6, 6.07) is 14.9. The van der Waals surface area contributed by atoms with Gasteiger partial charge in [0.1, 0.15) is 0 Å². The van der Waals surface area contributed by atoms with E-state index in [1.54, 1.807) is 11.8 Å². The third-order valence-electron chi connectivity index (χ3n) is 4.23. The highest BCUT2D eigenvalue weighted by Crippen LogP contribution is 2.20. The summed E-state index contributed by atoms with van der Waals surface area (Å²) in [5.74, 6) is 1.58. The molecule has 0 aliphatic heterocycles. The van der Waals surface area contributed by atoms with E-state index in [2.05, 4.69) is 15.5 Å². The van der Waals surface area contributed by atoms with Gasteiger partial charge in [0.25, 0.3) is 0 Å². The molecule has 6 nitrogen and oxygen atoms in total. The second kappa shape index (κ2) is 8.82. The number of thioether (sulfide) groups is 1. The van der Waals surface area contributed by atoms with Crippen molar-refractivity contribution in [1.82, 2.24) is 19.9 Å². The highest BCUT2D eigenvalue weighted by Gasteiger charge is 2.21. The van der Waals surface area contributed by atoms with Gasteiger partial charge < -0.3 is 11.1 Å². The lowest BCUT2D eigenvalue weighted by atomic mass is 10.0. The Kier molecular flexibility index (Phi) is 6.25. The van der Waals surface area contributed by atoms with E-state index in [0.717, 1.165) is 29.2 Å². The zero-order chi connectivity index (χ0) is 18.4. The van der Waals surface area contributed by atoms with Gasteiger partial charge in [0.2, 0.25) is 5.91 Å². The van der Waals surface area contributed by atoms with E-state index in [1.807, 2.05) is 65.4 Å². The average molecular weight is 369 g/mol. The number of carbonyl (C=O) groups is 1. The van der Waals surface area contributed by atoms with Crippen LogP contribution >= 0.6 is 11.8 Å². The fourth-order valence-corrected chi connectivity index (χ4v) is 3.34. The number of hydrogen-bond acceptors (Lipinski definition) is 5. The molecule has 0 aliphatic rings.